The zero-order chi connectivity index (χ0) is 17.1. The van der Waals surface area contributed by atoms with Gasteiger partial charge >= 0.3 is 5.97 Å². The van der Waals surface area contributed by atoms with Gasteiger partial charge in [-0.05, 0) is 65.2 Å². The SMILES string of the molecule is COc1c(C(C)C)ccc2c1CC[C@H]1C3=C(CC[C@@]21C)C(=O)OC3. The molecule has 24 heavy (non-hydrogen) atoms. The zero-order valence-electron chi connectivity index (χ0n) is 15.1. The molecule has 3 aliphatic rings. The van der Waals surface area contributed by atoms with Gasteiger partial charge in [0.15, 0.2) is 0 Å². The Morgan fingerprint density at radius 3 is 2.79 bits per heavy atom. The molecule has 0 bridgehead atoms. The Morgan fingerprint density at radius 2 is 2.08 bits per heavy atom. The van der Waals surface area contributed by atoms with Crippen LogP contribution in [0.1, 0.15) is 62.6 Å². The van der Waals surface area contributed by atoms with E-state index in [4.69, 9.17) is 9.47 Å². The van der Waals surface area contributed by atoms with Crippen LogP contribution in [0.4, 0.5) is 0 Å². The largest absolute Gasteiger partial charge is 0.496 e. The number of fused-ring (bicyclic) bond motifs is 4. The fraction of sp³-hybridized carbons (Fsp3) is 0.571. The molecule has 0 spiro atoms. The molecule has 0 amide bonds. The molecule has 0 saturated heterocycles. The summed E-state index contributed by atoms with van der Waals surface area (Å²) in [4.78, 5) is 12.0. The Morgan fingerprint density at radius 1 is 1.29 bits per heavy atom. The fourth-order valence-corrected chi connectivity index (χ4v) is 5.19. The Hall–Kier alpha value is -1.77. The van der Waals surface area contributed by atoms with Crippen molar-refractivity contribution in [2.24, 2.45) is 5.92 Å². The van der Waals surface area contributed by atoms with E-state index in [1.165, 1.54) is 22.3 Å². The van der Waals surface area contributed by atoms with Crippen LogP contribution in [-0.2, 0) is 21.4 Å². The van der Waals surface area contributed by atoms with Gasteiger partial charge in [0, 0.05) is 5.57 Å². The summed E-state index contributed by atoms with van der Waals surface area (Å²) >= 11 is 0. The smallest absolute Gasteiger partial charge is 0.334 e. The monoisotopic (exact) mass is 326 g/mol. The lowest BCUT2D eigenvalue weighted by Gasteiger charge is -2.47. The lowest BCUT2D eigenvalue weighted by molar-refractivity contribution is -0.136. The number of rotatable bonds is 2. The summed E-state index contributed by atoms with van der Waals surface area (Å²) < 4.78 is 11.2. The van der Waals surface area contributed by atoms with E-state index >= 15 is 0 Å². The highest BCUT2D eigenvalue weighted by Gasteiger charge is 2.49. The third-order valence-corrected chi connectivity index (χ3v) is 6.49. The van der Waals surface area contributed by atoms with Gasteiger partial charge in [0.25, 0.3) is 0 Å². The molecule has 128 valence electrons. The second-order valence-electron chi connectivity index (χ2n) is 7.96. The minimum Gasteiger partial charge on any atom is -0.496 e. The summed E-state index contributed by atoms with van der Waals surface area (Å²) in [6.45, 7) is 7.31. The number of carbonyl (C=O) groups is 1. The highest BCUT2D eigenvalue weighted by Crippen LogP contribution is 2.55. The van der Waals surface area contributed by atoms with Crippen molar-refractivity contribution in [1.82, 2.24) is 0 Å². The van der Waals surface area contributed by atoms with Crippen LogP contribution in [0.2, 0.25) is 0 Å². The van der Waals surface area contributed by atoms with Crippen LogP contribution >= 0.6 is 0 Å². The fourth-order valence-electron chi connectivity index (χ4n) is 5.19. The molecule has 1 aromatic carbocycles. The molecule has 0 unspecified atom stereocenters. The van der Waals surface area contributed by atoms with Crippen molar-refractivity contribution in [3.8, 4) is 5.75 Å². The molecule has 0 fully saturated rings. The molecule has 4 rings (SSSR count). The van der Waals surface area contributed by atoms with Gasteiger partial charge in [-0.1, -0.05) is 32.9 Å². The summed E-state index contributed by atoms with van der Waals surface area (Å²) in [5.74, 6) is 1.89. The number of ether oxygens (including phenoxy) is 2. The molecule has 1 aliphatic heterocycles. The number of esters is 1. The first-order valence-electron chi connectivity index (χ1n) is 9.06. The van der Waals surface area contributed by atoms with E-state index in [1.54, 1.807) is 7.11 Å². The molecule has 3 heteroatoms. The van der Waals surface area contributed by atoms with Crippen LogP contribution in [-0.4, -0.2) is 19.7 Å². The highest BCUT2D eigenvalue weighted by molar-refractivity contribution is 5.92. The first-order chi connectivity index (χ1) is 11.5. The van der Waals surface area contributed by atoms with Gasteiger partial charge < -0.3 is 9.47 Å². The Bertz CT molecular complexity index is 744. The van der Waals surface area contributed by atoms with Crippen molar-refractivity contribution in [1.29, 1.82) is 0 Å². The van der Waals surface area contributed by atoms with Crippen LogP contribution in [0.25, 0.3) is 0 Å². The summed E-state index contributed by atoms with van der Waals surface area (Å²) in [6.07, 6.45) is 3.96. The van der Waals surface area contributed by atoms with E-state index in [2.05, 4.69) is 32.9 Å². The average Bonchev–Trinajstić information content (AvgIpc) is 2.94. The van der Waals surface area contributed by atoms with Gasteiger partial charge in [-0.25, -0.2) is 4.79 Å². The number of methoxy groups -OCH3 is 1. The molecule has 2 atom stereocenters. The third-order valence-electron chi connectivity index (χ3n) is 6.49. The van der Waals surface area contributed by atoms with Crippen LogP contribution in [0.3, 0.4) is 0 Å². The van der Waals surface area contributed by atoms with Crippen LogP contribution in [0.15, 0.2) is 23.3 Å². The molecule has 0 aromatic heterocycles. The van der Waals surface area contributed by atoms with E-state index < -0.39 is 0 Å². The summed E-state index contributed by atoms with van der Waals surface area (Å²) in [5.41, 5.74) is 6.43. The van der Waals surface area contributed by atoms with Gasteiger partial charge in [-0.2, -0.15) is 0 Å². The van der Waals surface area contributed by atoms with E-state index in [-0.39, 0.29) is 11.4 Å². The Labute approximate surface area is 144 Å². The topological polar surface area (TPSA) is 35.5 Å². The summed E-state index contributed by atoms with van der Waals surface area (Å²) in [5, 5.41) is 0. The number of carbonyl (C=O) groups excluding carboxylic acids is 1. The van der Waals surface area contributed by atoms with Crippen molar-refractivity contribution in [3.63, 3.8) is 0 Å². The van der Waals surface area contributed by atoms with Crippen molar-refractivity contribution in [2.45, 2.75) is 57.8 Å². The van der Waals surface area contributed by atoms with E-state index in [9.17, 15) is 4.79 Å². The van der Waals surface area contributed by atoms with E-state index in [1.807, 2.05) is 0 Å². The van der Waals surface area contributed by atoms with E-state index in [0.29, 0.717) is 18.4 Å². The van der Waals surface area contributed by atoms with Gasteiger partial charge in [0.05, 0.1) is 7.11 Å². The molecule has 0 saturated carbocycles. The molecular formula is C21H26O3. The number of benzene rings is 1. The van der Waals surface area contributed by atoms with Gasteiger partial charge in [0.1, 0.15) is 12.4 Å². The van der Waals surface area contributed by atoms with Crippen LogP contribution in [0.5, 0.6) is 5.75 Å². The Balaban J connectivity index is 1.85. The molecular weight excluding hydrogens is 300 g/mol. The predicted octanol–water partition coefficient (Wildman–Crippen LogP) is 4.29. The normalized spacial score (nSPS) is 28.4. The lowest BCUT2D eigenvalue weighted by atomic mass is 9.56. The number of hydrogen-bond donors (Lipinski definition) is 0. The van der Waals surface area contributed by atoms with Crippen molar-refractivity contribution in [2.75, 3.05) is 13.7 Å². The van der Waals surface area contributed by atoms with Crippen molar-refractivity contribution >= 4 is 5.97 Å². The summed E-state index contributed by atoms with van der Waals surface area (Å²) in [7, 11) is 1.79. The van der Waals surface area contributed by atoms with E-state index in [0.717, 1.165) is 37.0 Å². The Kier molecular flexibility index (Phi) is 3.52. The maximum absolute atomic E-state index is 12.0. The number of cyclic esters (lactones) is 1. The molecule has 0 N–H and O–H groups in total. The second-order valence-corrected chi connectivity index (χ2v) is 7.96. The molecule has 1 aromatic rings. The lowest BCUT2D eigenvalue weighted by Crippen LogP contribution is -2.41. The van der Waals surface area contributed by atoms with Gasteiger partial charge in [0.2, 0.25) is 0 Å². The third kappa shape index (κ3) is 2.00. The molecule has 2 aliphatic carbocycles. The van der Waals surface area contributed by atoms with Crippen molar-refractivity contribution in [3.05, 3.63) is 40.0 Å². The molecule has 0 radical (unpaired) electrons. The van der Waals surface area contributed by atoms with Gasteiger partial charge in [-0.15, -0.1) is 0 Å². The summed E-state index contributed by atoms with van der Waals surface area (Å²) in [6, 6.07) is 4.57. The zero-order valence-corrected chi connectivity index (χ0v) is 15.1. The second kappa shape index (κ2) is 5.37. The van der Waals surface area contributed by atoms with Gasteiger partial charge in [-0.3, -0.25) is 0 Å². The first kappa shape index (κ1) is 15.7. The number of hydrogen-bond acceptors (Lipinski definition) is 3. The molecule has 1 heterocycles. The average molecular weight is 326 g/mol. The maximum Gasteiger partial charge on any atom is 0.334 e. The predicted molar refractivity (Wildman–Crippen MR) is 93.5 cm³/mol. The van der Waals surface area contributed by atoms with Crippen LogP contribution in [0, 0.1) is 5.92 Å². The maximum atomic E-state index is 12.0. The van der Waals surface area contributed by atoms with Crippen molar-refractivity contribution < 1.29 is 14.3 Å². The van der Waals surface area contributed by atoms with Crippen LogP contribution < -0.4 is 4.74 Å². The quantitative estimate of drug-likeness (QED) is 0.761. The standard InChI is InChI=1S/C21H26O3/c1-12(2)13-5-7-17-15(19(13)23-4)6-8-18-16-11-24-20(22)14(16)9-10-21(17,18)3/h5,7,12,18H,6,8-11H2,1-4H3/t18-,21-/m0/s1. The molecule has 3 nitrogen and oxygen atoms in total. The minimum absolute atomic E-state index is 0.0782. The first-order valence-corrected chi connectivity index (χ1v) is 9.06. The minimum atomic E-state index is -0.0782. The highest BCUT2D eigenvalue weighted by atomic mass is 16.5.